The van der Waals surface area contributed by atoms with Gasteiger partial charge in [0, 0.05) is 42.1 Å². The SMILES string of the molecule is CCS(=O)(=O)C1CSCCN1Cc1csc(CCN)n1. The highest BCUT2D eigenvalue weighted by Gasteiger charge is 2.32. The standard InChI is InChI=1S/C12H21N3O2S3/c1-2-20(16,17)12-9-18-6-5-15(12)7-10-8-19-11(14-10)3-4-13/h8,12H,2-7,9,13H2,1H3. The van der Waals surface area contributed by atoms with Gasteiger partial charge in [-0.15, -0.1) is 11.3 Å². The van der Waals surface area contributed by atoms with E-state index in [2.05, 4.69) is 9.88 Å². The molecule has 0 radical (unpaired) electrons. The maximum Gasteiger partial charge on any atom is 0.166 e. The second kappa shape index (κ2) is 7.22. The summed E-state index contributed by atoms with van der Waals surface area (Å²) in [7, 11) is -3.03. The predicted molar refractivity (Wildman–Crippen MR) is 85.9 cm³/mol. The Hall–Kier alpha value is -0.150. The molecule has 2 N–H and O–H groups in total. The van der Waals surface area contributed by atoms with Crippen LogP contribution in [-0.4, -0.2) is 54.0 Å². The van der Waals surface area contributed by atoms with E-state index in [0.29, 0.717) is 18.8 Å². The van der Waals surface area contributed by atoms with Crippen molar-refractivity contribution in [3.8, 4) is 0 Å². The molecule has 20 heavy (non-hydrogen) atoms. The predicted octanol–water partition coefficient (Wildman–Crippen LogP) is 0.954. The highest BCUT2D eigenvalue weighted by atomic mass is 32.2. The van der Waals surface area contributed by atoms with Crippen LogP contribution in [0.2, 0.25) is 0 Å². The van der Waals surface area contributed by atoms with Crippen LogP contribution in [0, 0.1) is 0 Å². The van der Waals surface area contributed by atoms with Crippen molar-refractivity contribution < 1.29 is 8.42 Å². The molecule has 5 nitrogen and oxygen atoms in total. The molecule has 1 aromatic rings. The maximum absolute atomic E-state index is 12.2. The summed E-state index contributed by atoms with van der Waals surface area (Å²) in [6.45, 7) is 3.74. The summed E-state index contributed by atoms with van der Waals surface area (Å²) in [5.41, 5.74) is 6.49. The number of hydrogen-bond acceptors (Lipinski definition) is 7. The number of thioether (sulfide) groups is 1. The van der Waals surface area contributed by atoms with Gasteiger partial charge in [0.2, 0.25) is 0 Å². The molecule has 1 atom stereocenters. The van der Waals surface area contributed by atoms with E-state index in [1.807, 2.05) is 5.38 Å². The van der Waals surface area contributed by atoms with E-state index in [9.17, 15) is 8.42 Å². The molecule has 0 amide bonds. The van der Waals surface area contributed by atoms with Crippen LogP contribution in [0.5, 0.6) is 0 Å². The highest BCUT2D eigenvalue weighted by molar-refractivity contribution is 8.01. The van der Waals surface area contributed by atoms with E-state index in [1.54, 1.807) is 30.0 Å². The summed E-state index contributed by atoms with van der Waals surface area (Å²) in [6, 6.07) is 0. The van der Waals surface area contributed by atoms with Crippen LogP contribution in [0.4, 0.5) is 0 Å². The molecule has 1 saturated heterocycles. The van der Waals surface area contributed by atoms with Gasteiger partial charge in [-0.3, -0.25) is 4.90 Å². The molecule has 2 rings (SSSR count). The first-order valence-electron chi connectivity index (χ1n) is 6.73. The van der Waals surface area contributed by atoms with Gasteiger partial charge in [0.15, 0.2) is 9.84 Å². The fourth-order valence-electron chi connectivity index (χ4n) is 2.19. The Balaban J connectivity index is 2.08. The van der Waals surface area contributed by atoms with Gasteiger partial charge in [-0.05, 0) is 6.54 Å². The summed E-state index contributed by atoms with van der Waals surface area (Å²) in [5, 5.41) is 2.68. The van der Waals surface area contributed by atoms with E-state index >= 15 is 0 Å². The van der Waals surface area contributed by atoms with Crippen molar-refractivity contribution in [1.29, 1.82) is 0 Å². The summed E-state index contributed by atoms with van der Waals surface area (Å²) in [6.07, 6.45) is 0.789. The molecule has 1 fully saturated rings. The smallest absolute Gasteiger partial charge is 0.166 e. The Labute approximate surface area is 128 Å². The van der Waals surface area contributed by atoms with Crippen molar-refractivity contribution in [2.45, 2.75) is 25.3 Å². The Kier molecular flexibility index (Phi) is 5.85. The number of aromatic nitrogens is 1. The molecule has 0 bridgehead atoms. The average Bonchev–Trinajstić information content (AvgIpc) is 2.87. The van der Waals surface area contributed by atoms with Gasteiger partial charge in [-0.2, -0.15) is 11.8 Å². The van der Waals surface area contributed by atoms with Crippen LogP contribution in [0.15, 0.2) is 5.38 Å². The van der Waals surface area contributed by atoms with Gasteiger partial charge in [-0.1, -0.05) is 6.92 Å². The second-order valence-corrected chi connectivity index (χ2v) is 9.26. The van der Waals surface area contributed by atoms with Crippen LogP contribution < -0.4 is 5.73 Å². The van der Waals surface area contributed by atoms with E-state index in [1.165, 1.54) is 0 Å². The third kappa shape index (κ3) is 3.94. The molecule has 0 aromatic carbocycles. The summed E-state index contributed by atoms with van der Waals surface area (Å²) in [5.74, 6) is 1.84. The minimum Gasteiger partial charge on any atom is -0.330 e. The zero-order valence-electron chi connectivity index (χ0n) is 11.6. The number of hydrogen-bond donors (Lipinski definition) is 1. The Morgan fingerprint density at radius 1 is 1.55 bits per heavy atom. The average molecular weight is 336 g/mol. The molecule has 8 heteroatoms. The van der Waals surface area contributed by atoms with Gasteiger partial charge in [0.25, 0.3) is 0 Å². The lowest BCUT2D eigenvalue weighted by Gasteiger charge is -2.34. The van der Waals surface area contributed by atoms with Crippen LogP contribution in [0.3, 0.4) is 0 Å². The maximum atomic E-state index is 12.2. The third-order valence-corrected chi connectivity index (χ3v) is 7.62. The van der Waals surface area contributed by atoms with E-state index in [4.69, 9.17) is 5.73 Å². The summed E-state index contributed by atoms with van der Waals surface area (Å²) >= 11 is 3.32. The Morgan fingerprint density at radius 3 is 3.05 bits per heavy atom. The molecule has 1 aliphatic heterocycles. The quantitative estimate of drug-likeness (QED) is 0.834. The first kappa shape index (κ1) is 16.2. The van der Waals surface area contributed by atoms with Crippen molar-refractivity contribution >= 4 is 32.9 Å². The minimum atomic E-state index is -3.03. The lowest BCUT2D eigenvalue weighted by Crippen LogP contribution is -2.47. The molecule has 1 unspecified atom stereocenters. The van der Waals surface area contributed by atoms with Gasteiger partial charge in [0.05, 0.1) is 10.7 Å². The van der Waals surface area contributed by atoms with Crippen molar-refractivity contribution in [1.82, 2.24) is 9.88 Å². The second-order valence-electron chi connectivity index (χ2n) is 4.72. The van der Waals surface area contributed by atoms with Crippen molar-refractivity contribution in [3.63, 3.8) is 0 Å². The zero-order chi connectivity index (χ0) is 14.6. The van der Waals surface area contributed by atoms with Crippen molar-refractivity contribution in [2.24, 2.45) is 5.73 Å². The minimum absolute atomic E-state index is 0.199. The molecule has 114 valence electrons. The molecular formula is C12H21N3O2S3. The first-order valence-corrected chi connectivity index (χ1v) is 10.5. The van der Waals surface area contributed by atoms with Crippen molar-refractivity contribution in [2.75, 3.05) is 30.3 Å². The fraction of sp³-hybridized carbons (Fsp3) is 0.750. The van der Waals surface area contributed by atoms with Gasteiger partial charge >= 0.3 is 0 Å². The topological polar surface area (TPSA) is 76.3 Å². The fourth-order valence-corrected chi connectivity index (χ4v) is 6.07. The third-order valence-electron chi connectivity index (χ3n) is 3.33. The molecule has 0 aliphatic carbocycles. The molecular weight excluding hydrogens is 314 g/mol. The lowest BCUT2D eigenvalue weighted by molar-refractivity contribution is 0.259. The van der Waals surface area contributed by atoms with E-state index in [-0.39, 0.29) is 11.1 Å². The molecule has 2 heterocycles. The van der Waals surface area contributed by atoms with Gasteiger partial charge in [0.1, 0.15) is 5.37 Å². The Morgan fingerprint density at radius 2 is 2.35 bits per heavy atom. The summed E-state index contributed by atoms with van der Waals surface area (Å²) in [4.78, 5) is 6.58. The number of rotatable bonds is 6. The molecule has 1 aromatic heterocycles. The van der Waals surface area contributed by atoms with Crippen LogP contribution in [0.25, 0.3) is 0 Å². The largest absolute Gasteiger partial charge is 0.330 e. The van der Waals surface area contributed by atoms with Crippen LogP contribution in [0.1, 0.15) is 17.6 Å². The van der Waals surface area contributed by atoms with Crippen LogP contribution >= 0.6 is 23.1 Å². The molecule has 0 spiro atoms. The molecule has 1 aliphatic rings. The molecule has 0 saturated carbocycles. The highest BCUT2D eigenvalue weighted by Crippen LogP contribution is 2.23. The van der Waals surface area contributed by atoms with Crippen LogP contribution in [-0.2, 0) is 22.8 Å². The number of sulfone groups is 1. The number of nitrogens with zero attached hydrogens (tertiary/aromatic N) is 2. The zero-order valence-corrected chi connectivity index (χ0v) is 14.1. The van der Waals surface area contributed by atoms with E-state index in [0.717, 1.165) is 29.4 Å². The van der Waals surface area contributed by atoms with Gasteiger partial charge in [-0.25, -0.2) is 13.4 Å². The normalized spacial score (nSPS) is 21.2. The van der Waals surface area contributed by atoms with Crippen molar-refractivity contribution in [3.05, 3.63) is 16.1 Å². The first-order chi connectivity index (χ1) is 9.56. The lowest BCUT2D eigenvalue weighted by atomic mass is 10.4. The Bertz CT molecular complexity index is 530. The monoisotopic (exact) mass is 335 g/mol. The number of nitrogens with two attached hydrogens (primary N) is 1. The number of thiazole rings is 1. The van der Waals surface area contributed by atoms with Gasteiger partial charge < -0.3 is 5.73 Å². The van der Waals surface area contributed by atoms with E-state index < -0.39 is 9.84 Å². The summed E-state index contributed by atoms with van der Waals surface area (Å²) < 4.78 is 24.3.